The number of urea groups is 1. The number of rotatable bonds is 5. The highest BCUT2D eigenvalue weighted by Crippen LogP contribution is 2.19. The fourth-order valence-electron chi connectivity index (χ4n) is 1.57. The van der Waals surface area contributed by atoms with Crippen LogP contribution in [0.3, 0.4) is 0 Å². The molecule has 2 amide bonds. The van der Waals surface area contributed by atoms with Crippen LogP contribution in [0.4, 0.5) is 10.5 Å². The summed E-state index contributed by atoms with van der Waals surface area (Å²) in [6.07, 6.45) is 1.91. The summed E-state index contributed by atoms with van der Waals surface area (Å²) in [5.41, 5.74) is 0.677. The van der Waals surface area contributed by atoms with Crippen molar-refractivity contribution in [1.82, 2.24) is 5.32 Å². The predicted octanol–water partition coefficient (Wildman–Crippen LogP) is 2.88. The number of carbonyl (C=O) groups excluding carboxylic acids is 1. The fourth-order valence-corrected chi connectivity index (χ4v) is 2.52. The average Bonchev–Trinajstić information content (AvgIpc) is 2.30. The Kier molecular flexibility index (Phi) is 5.97. The minimum absolute atomic E-state index is 0.201. The van der Waals surface area contributed by atoms with Crippen LogP contribution >= 0.6 is 23.4 Å². The van der Waals surface area contributed by atoms with Crippen molar-refractivity contribution in [3.05, 3.63) is 28.8 Å². The van der Waals surface area contributed by atoms with E-state index >= 15 is 0 Å². The summed E-state index contributed by atoms with van der Waals surface area (Å²) in [7, 11) is 0. The first-order chi connectivity index (χ1) is 8.84. The second kappa shape index (κ2) is 7.03. The van der Waals surface area contributed by atoms with E-state index in [4.69, 9.17) is 11.6 Å². The van der Waals surface area contributed by atoms with E-state index in [1.807, 2.05) is 13.2 Å². The van der Waals surface area contributed by atoms with Crippen molar-refractivity contribution in [3.63, 3.8) is 0 Å². The Bertz CT molecular complexity index is 452. The molecule has 0 fully saturated rings. The van der Waals surface area contributed by atoms with Crippen LogP contribution in [0.15, 0.2) is 18.2 Å². The largest absolute Gasteiger partial charge is 0.387 e. The van der Waals surface area contributed by atoms with Crippen LogP contribution in [-0.2, 0) is 0 Å². The molecular formula is C13H19ClN2O2S. The molecule has 0 aliphatic rings. The van der Waals surface area contributed by atoms with Gasteiger partial charge in [0, 0.05) is 23.0 Å². The molecule has 0 heterocycles. The van der Waals surface area contributed by atoms with Gasteiger partial charge in [0.25, 0.3) is 0 Å². The highest BCUT2D eigenvalue weighted by Gasteiger charge is 2.20. The number of anilines is 1. The summed E-state index contributed by atoms with van der Waals surface area (Å²) in [6.45, 7) is 3.76. The number of aryl methyl sites for hydroxylation is 1. The van der Waals surface area contributed by atoms with Crippen molar-refractivity contribution in [2.24, 2.45) is 0 Å². The molecule has 0 aliphatic heterocycles. The van der Waals surface area contributed by atoms with Gasteiger partial charge in [-0.3, -0.25) is 0 Å². The Morgan fingerprint density at radius 2 is 2.21 bits per heavy atom. The molecule has 1 unspecified atom stereocenters. The Morgan fingerprint density at radius 1 is 1.53 bits per heavy atom. The SMILES string of the molecule is CSCC(C)(O)CNC(=O)Nc1ccc(Cl)cc1C. The van der Waals surface area contributed by atoms with Gasteiger partial charge in [-0.2, -0.15) is 11.8 Å². The molecule has 0 aliphatic carbocycles. The van der Waals surface area contributed by atoms with Crippen LogP contribution in [0.5, 0.6) is 0 Å². The number of carbonyl (C=O) groups is 1. The second-order valence-electron chi connectivity index (χ2n) is 4.70. The molecule has 0 saturated carbocycles. The lowest BCUT2D eigenvalue weighted by atomic mass is 10.1. The zero-order valence-electron chi connectivity index (χ0n) is 11.3. The number of thioether (sulfide) groups is 1. The normalized spacial score (nSPS) is 13.7. The van der Waals surface area contributed by atoms with E-state index in [2.05, 4.69) is 10.6 Å². The molecule has 1 aromatic rings. The highest BCUT2D eigenvalue weighted by atomic mass is 35.5. The first-order valence-corrected chi connectivity index (χ1v) is 7.63. The van der Waals surface area contributed by atoms with Crippen molar-refractivity contribution in [3.8, 4) is 0 Å². The lowest BCUT2D eigenvalue weighted by Gasteiger charge is -2.22. The van der Waals surface area contributed by atoms with E-state index in [1.54, 1.807) is 25.1 Å². The summed E-state index contributed by atoms with van der Waals surface area (Å²) in [6, 6.07) is 4.90. The molecule has 1 rings (SSSR count). The molecule has 0 saturated heterocycles. The Balaban J connectivity index is 2.52. The lowest BCUT2D eigenvalue weighted by molar-refractivity contribution is 0.0876. The van der Waals surface area contributed by atoms with Gasteiger partial charge >= 0.3 is 6.03 Å². The van der Waals surface area contributed by atoms with Gasteiger partial charge < -0.3 is 15.7 Å². The van der Waals surface area contributed by atoms with Crippen molar-refractivity contribution < 1.29 is 9.90 Å². The van der Waals surface area contributed by atoms with Crippen LogP contribution in [0.1, 0.15) is 12.5 Å². The summed E-state index contributed by atoms with van der Waals surface area (Å²) in [5, 5.41) is 15.9. The maximum atomic E-state index is 11.7. The number of halogens is 1. The first-order valence-electron chi connectivity index (χ1n) is 5.86. The van der Waals surface area contributed by atoms with E-state index in [0.717, 1.165) is 5.56 Å². The summed E-state index contributed by atoms with van der Waals surface area (Å²) in [4.78, 5) is 11.7. The van der Waals surface area contributed by atoms with Gasteiger partial charge in [0.15, 0.2) is 0 Å². The number of amides is 2. The maximum absolute atomic E-state index is 11.7. The highest BCUT2D eigenvalue weighted by molar-refractivity contribution is 7.98. The van der Waals surface area contributed by atoms with E-state index in [-0.39, 0.29) is 12.6 Å². The monoisotopic (exact) mass is 302 g/mol. The molecule has 4 nitrogen and oxygen atoms in total. The van der Waals surface area contributed by atoms with Crippen molar-refractivity contribution in [2.75, 3.05) is 23.9 Å². The van der Waals surface area contributed by atoms with E-state index in [9.17, 15) is 9.90 Å². The third kappa shape index (κ3) is 5.72. The van der Waals surface area contributed by atoms with Crippen LogP contribution < -0.4 is 10.6 Å². The average molecular weight is 303 g/mol. The zero-order valence-corrected chi connectivity index (χ0v) is 12.9. The Labute approximate surface area is 122 Å². The number of benzene rings is 1. The Morgan fingerprint density at radius 3 is 2.79 bits per heavy atom. The van der Waals surface area contributed by atoms with Crippen molar-refractivity contribution in [1.29, 1.82) is 0 Å². The number of aliphatic hydroxyl groups is 1. The molecular weight excluding hydrogens is 284 g/mol. The number of nitrogens with one attached hydrogen (secondary N) is 2. The molecule has 3 N–H and O–H groups in total. The molecule has 19 heavy (non-hydrogen) atoms. The van der Waals surface area contributed by atoms with Gasteiger partial charge in [-0.05, 0) is 43.9 Å². The zero-order chi connectivity index (χ0) is 14.5. The standard InChI is InChI=1S/C13H19ClN2O2S/c1-9-6-10(14)4-5-11(9)16-12(17)15-7-13(2,18)8-19-3/h4-6,18H,7-8H2,1-3H3,(H2,15,16,17). The van der Waals surface area contributed by atoms with E-state index < -0.39 is 5.60 Å². The molecule has 0 radical (unpaired) electrons. The Hall–Kier alpha value is -0.910. The van der Waals surface area contributed by atoms with Crippen molar-refractivity contribution in [2.45, 2.75) is 19.4 Å². The molecule has 106 valence electrons. The fraction of sp³-hybridized carbons (Fsp3) is 0.462. The van der Waals surface area contributed by atoms with Crippen molar-refractivity contribution >= 4 is 35.1 Å². The van der Waals surface area contributed by atoms with Gasteiger partial charge in [-0.15, -0.1) is 0 Å². The molecule has 0 aromatic heterocycles. The lowest BCUT2D eigenvalue weighted by Crippen LogP contribution is -2.44. The van der Waals surface area contributed by atoms with Gasteiger partial charge in [0.05, 0.1) is 5.60 Å². The number of hydrogen-bond donors (Lipinski definition) is 3. The van der Waals surface area contributed by atoms with Crippen LogP contribution in [-0.4, -0.2) is 35.3 Å². The number of hydrogen-bond acceptors (Lipinski definition) is 3. The van der Waals surface area contributed by atoms with E-state index in [1.165, 1.54) is 11.8 Å². The third-order valence-corrected chi connectivity index (χ3v) is 3.67. The second-order valence-corrected chi connectivity index (χ2v) is 6.00. The van der Waals surface area contributed by atoms with Crippen LogP contribution in [0.25, 0.3) is 0 Å². The van der Waals surface area contributed by atoms with Gasteiger partial charge in [0.1, 0.15) is 0 Å². The quantitative estimate of drug-likeness (QED) is 0.784. The summed E-state index contributed by atoms with van der Waals surface area (Å²) < 4.78 is 0. The summed E-state index contributed by atoms with van der Waals surface area (Å²) >= 11 is 7.38. The first kappa shape index (κ1) is 16.1. The van der Waals surface area contributed by atoms with Gasteiger partial charge in [-0.25, -0.2) is 4.79 Å². The smallest absolute Gasteiger partial charge is 0.319 e. The topological polar surface area (TPSA) is 61.4 Å². The van der Waals surface area contributed by atoms with Crippen LogP contribution in [0.2, 0.25) is 5.02 Å². The van der Waals surface area contributed by atoms with Crippen LogP contribution in [0, 0.1) is 6.92 Å². The molecule has 0 spiro atoms. The molecule has 1 atom stereocenters. The minimum Gasteiger partial charge on any atom is -0.387 e. The van der Waals surface area contributed by atoms with E-state index in [0.29, 0.717) is 16.5 Å². The molecule has 1 aromatic carbocycles. The molecule has 0 bridgehead atoms. The third-order valence-electron chi connectivity index (χ3n) is 2.52. The maximum Gasteiger partial charge on any atom is 0.319 e. The van der Waals surface area contributed by atoms with Gasteiger partial charge in [0.2, 0.25) is 0 Å². The minimum atomic E-state index is -0.911. The summed E-state index contributed by atoms with van der Waals surface area (Å²) in [5.74, 6) is 0.563. The van der Waals surface area contributed by atoms with Gasteiger partial charge in [-0.1, -0.05) is 11.6 Å². The molecule has 6 heteroatoms. The predicted molar refractivity (Wildman–Crippen MR) is 82.2 cm³/mol.